The van der Waals surface area contributed by atoms with Gasteiger partial charge in [-0.05, 0) is 12.8 Å². The lowest BCUT2D eigenvalue weighted by Crippen LogP contribution is -2.52. The van der Waals surface area contributed by atoms with Crippen molar-refractivity contribution in [3.63, 3.8) is 0 Å². The summed E-state index contributed by atoms with van der Waals surface area (Å²) in [5.74, 6) is -1.22. The molecule has 2 amide bonds. The summed E-state index contributed by atoms with van der Waals surface area (Å²) < 4.78 is 27.5. The number of hydrogen-bond donors (Lipinski definition) is 2. The SMILES string of the molecule is CC(C)COC(=O)NC(CS(C)(=O)=O)C(=O)NC(C)C#N. The van der Waals surface area contributed by atoms with Crippen LogP contribution in [0.2, 0.25) is 0 Å². The second-order valence-corrected chi connectivity index (χ2v) is 7.33. The molecule has 8 nitrogen and oxygen atoms in total. The largest absolute Gasteiger partial charge is 0.449 e. The maximum Gasteiger partial charge on any atom is 0.407 e. The number of nitriles is 1. The summed E-state index contributed by atoms with van der Waals surface area (Å²) in [5.41, 5.74) is 0. The minimum atomic E-state index is -3.50. The Kier molecular flexibility index (Phi) is 7.73. The second-order valence-electron chi connectivity index (χ2n) is 5.14. The molecule has 120 valence electrons. The van der Waals surface area contributed by atoms with Gasteiger partial charge in [0.05, 0.1) is 18.4 Å². The molecule has 0 heterocycles. The number of amides is 2. The molecule has 0 saturated heterocycles. The first-order chi connectivity index (χ1) is 9.55. The first kappa shape index (κ1) is 19.2. The van der Waals surface area contributed by atoms with Gasteiger partial charge in [0, 0.05) is 6.26 Å². The van der Waals surface area contributed by atoms with Crippen LogP contribution >= 0.6 is 0 Å². The van der Waals surface area contributed by atoms with Crippen LogP contribution in [0.3, 0.4) is 0 Å². The van der Waals surface area contributed by atoms with Crippen molar-refractivity contribution in [1.29, 1.82) is 5.26 Å². The summed E-state index contributed by atoms with van der Waals surface area (Å²) in [5, 5.41) is 13.1. The van der Waals surface area contributed by atoms with E-state index >= 15 is 0 Å². The fraction of sp³-hybridized carbons (Fsp3) is 0.750. The third kappa shape index (κ3) is 9.67. The summed E-state index contributed by atoms with van der Waals surface area (Å²) in [6.45, 7) is 5.26. The zero-order chi connectivity index (χ0) is 16.6. The molecule has 21 heavy (non-hydrogen) atoms. The molecule has 0 fully saturated rings. The molecule has 2 atom stereocenters. The Balaban J connectivity index is 4.79. The summed E-state index contributed by atoms with van der Waals surface area (Å²) in [4.78, 5) is 23.4. The van der Waals surface area contributed by atoms with Gasteiger partial charge in [-0.3, -0.25) is 4.79 Å². The van der Waals surface area contributed by atoms with Gasteiger partial charge in [0.15, 0.2) is 0 Å². The second kappa shape index (κ2) is 8.46. The highest BCUT2D eigenvalue weighted by atomic mass is 32.2. The van der Waals surface area contributed by atoms with Gasteiger partial charge in [0.1, 0.15) is 21.9 Å². The van der Waals surface area contributed by atoms with Gasteiger partial charge in [0.25, 0.3) is 0 Å². The van der Waals surface area contributed by atoms with Crippen molar-refractivity contribution in [2.45, 2.75) is 32.9 Å². The number of sulfone groups is 1. The fourth-order valence-electron chi connectivity index (χ4n) is 1.26. The van der Waals surface area contributed by atoms with Gasteiger partial charge in [-0.25, -0.2) is 13.2 Å². The Morgan fingerprint density at radius 3 is 2.24 bits per heavy atom. The highest BCUT2D eigenvalue weighted by Crippen LogP contribution is 1.97. The van der Waals surface area contributed by atoms with Crippen molar-refractivity contribution < 1.29 is 22.7 Å². The number of alkyl carbamates (subject to hydrolysis) is 1. The summed E-state index contributed by atoms with van der Waals surface area (Å²) in [6, 6.07) is -0.326. The predicted octanol–water partition coefficient (Wildman–Crippen LogP) is -0.190. The Labute approximate surface area is 124 Å². The Morgan fingerprint density at radius 1 is 1.24 bits per heavy atom. The summed E-state index contributed by atoms with van der Waals surface area (Å²) in [6.07, 6.45) is 0.0689. The van der Waals surface area contributed by atoms with E-state index in [1.54, 1.807) is 6.07 Å². The zero-order valence-corrected chi connectivity index (χ0v) is 13.4. The highest BCUT2D eigenvalue weighted by Gasteiger charge is 2.26. The molecule has 0 saturated carbocycles. The van der Waals surface area contributed by atoms with Gasteiger partial charge in [-0.1, -0.05) is 13.8 Å². The quantitative estimate of drug-likeness (QED) is 0.670. The van der Waals surface area contributed by atoms with Crippen LogP contribution in [0.25, 0.3) is 0 Å². The number of carbonyl (C=O) groups is 2. The van der Waals surface area contributed by atoms with Crippen LogP contribution in [0.5, 0.6) is 0 Å². The van der Waals surface area contributed by atoms with E-state index in [1.807, 2.05) is 13.8 Å². The molecule has 9 heteroatoms. The average Bonchev–Trinajstić information content (AvgIpc) is 2.33. The van der Waals surface area contributed by atoms with E-state index in [1.165, 1.54) is 6.92 Å². The molecule has 0 rings (SSSR count). The third-order valence-corrected chi connectivity index (χ3v) is 3.12. The van der Waals surface area contributed by atoms with E-state index in [9.17, 15) is 18.0 Å². The highest BCUT2D eigenvalue weighted by molar-refractivity contribution is 7.90. The molecule has 0 aliphatic heterocycles. The van der Waals surface area contributed by atoms with Crippen LogP contribution in [0.1, 0.15) is 20.8 Å². The molecule has 0 aromatic rings. The molecular formula is C12H21N3O5S. The van der Waals surface area contributed by atoms with Crippen LogP contribution in [-0.2, 0) is 19.4 Å². The smallest absolute Gasteiger partial charge is 0.407 e. The van der Waals surface area contributed by atoms with Gasteiger partial charge in [-0.2, -0.15) is 5.26 Å². The van der Waals surface area contributed by atoms with Crippen molar-refractivity contribution in [3.8, 4) is 6.07 Å². The van der Waals surface area contributed by atoms with Crippen LogP contribution in [0, 0.1) is 17.2 Å². The molecule has 0 aromatic carbocycles. The van der Waals surface area contributed by atoms with Crippen LogP contribution in [-0.4, -0.2) is 51.1 Å². The van der Waals surface area contributed by atoms with Crippen molar-refractivity contribution in [3.05, 3.63) is 0 Å². The third-order valence-electron chi connectivity index (χ3n) is 2.18. The van der Waals surface area contributed by atoms with E-state index in [2.05, 4.69) is 10.6 Å². The normalized spacial score (nSPS) is 13.9. The Hall–Kier alpha value is -1.82. The Morgan fingerprint density at radius 2 is 1.81 bits per heavy atom. The molecule has 0 spiro atoms. The van der Waals surface area contributed by atoms with E-state index < -0.39 is 39.7 Å². The standard InChI is InChI=1S/C12H21N3O5S/c1-8(2)6-20-12(17)15-10(7-21(4,18)19)11(16)14-9(3)5-13/h8-10H,6-7H2,1-4H3,(H,14,16)(H,15,17). The van der Waals surface area contributed by atoms with Crippen LogP contribution < -0.4 is 10.6 Å². The monoisotopic (exact) mass is 319 g/mol. The topological polar surface area (TPSA) is 125 Å². The zero-order valence-electron chi connectivity index (χ0n) is 12.5. The first-order valence-corrected chi connectivity index (χ1v) is 8.42. The van der Waals surface area contributed by atoms with Crippen molar-refractivity contribution in [2.75, 3.05) is 18.6 Å². The molecule has 0 bridgehead atoms. The van der Waals surface area contributed by atoms with E-state index in [0.717, 1.165) is 6.26 Å². The molecule has 0 aliphatic rings. The van der Waals surface area contributed by atoms with Gasteiger partial charge >= 0.3 is 6.09 Å². The van der Waals surface area contributed by atoms with E-state index in [0.29, 0.717) is 0 Å². The molecule has 0 aromatic heterocycles. The van der Waals surface area contributed by atoms with Crippen molar-refractivity contribution >= 4 is 21.8 Å². The summed E-state index contributed by atoms with van der Waals surface area (Å²) in [7, 11) is -3.50. The number of carbonyl (C=O) groups excluding carboxylic acids is 2. The molecule has 2 N–H and O–H groups in total. The average molecular weight is 319 g/mol. The molecule has 0 radical (unpaired) electrons. The lowest BCUT2D eigenvalue weighted by molar-refractivity contribution is -0.122. The Bertz CT molecular complexity index is 509. The van der Waals surface area contributed by atoms with Crippen LogP contribution in [0.4, 0.5) is 4.79 Å². The number of nitrogens with one attached hydrogen (secondary N) is 2. The van der Waals surface area contributed by atoms with Crippen LogP contribution in [0.15, 0.2) is 0 Å². The van der Waals surface area contributed by atoms with Gasteiger partial charge in [0.2, 0.25) is 5.91 Å². The molecule has 2 unspecified atom stereocenters. The van der Waals surface area contributed by atoms with Crippen molar-refractivity contribution in [1.82, 2.24) is 10.6 Å². The van der Waals surface area contributed by atoms with Crippen molar-refractivity contribution in [2.24, 2.45) is 5.92 Å². The predicted molar refractivity (Wildman–Crippen MR) is 76.0 cm³/mol. The van der Waals surface area contributed by atoms with Gasteiger partial charge in [-0.15, -0.1) is 0 Å². The maximum absolute atomic E-state index is 11.9. The molecule has 0 aliphatic carbocycles. The van der Waals surface area contributed by atoms with Gasteiger partial charge < -0.3 is 15.4 Å². The minimum Gasteiger partial charge on any atom is -0.449 e. The van der Waals surface area contributed by atoms with E-state index in [4.69, 9.17) is 10.00 Å². The lowest BCUT2D eigenvalue weighted by Gasteiger charge is -2.18. The van der Waals surface area contributed by atoms with E-state index in [-0.39, 0.29) is 12.5 Å². The number of nitrogens with zero attached hydrogens (tertiary/aromatic N) is 1. The molecular weight excluding hydrogens is 298 g/mol. The number of rotatable bonds is 7. The maximum atomic E-state index is 11.9. The fourth-order valence-corrected chi connectivity index (χ4v) is 2.10. The minimum absolute atomic E-state index is 0.108. The summed E-state index contributed by atoms with van der Waals surface area (Å²) >= 11 is 0. The number of ether oxygens (including phenoxy) is 1. The number of hydrogen-bond acceptors (Lipinski definition) is 6. The lowest BCUT2D eigenvalue weighted by atomic mass is 10.2. The first-order valence-electron chi connectivity index (χ1n) is 6.36.